The summed E-state index contributed by atoms with van der Waals surface area (Å²) in [5.41, 5.74) is 8.70. The summed E-state index contributed by atoms with van der Waals surface area (Å²) < 4.78 is 2.17. The fraction of sp³-hybridized carbons (Fsp3) is 0. The number of fused-ring (bicyclic) bond motifs is 3. The maximum absolute atomic E-state index is 5.06. The average Bonchev–Trinajstić information content (AvgIpc) is 3.43. The summed E-state index contributed by atoms with van der Waals surface area (Å²) in [5, 5.41) is 2.31. The lowest BCUT2D eigenvalue weighted by Gasteiger charge is -2.11. The van der Waals surface area contributed by atoms with E-state index in [2.05, 4.69) is 95.6 Å². The van der Waals surface area contributed by atoms with E-state index < -0.39 is 0 Å². The van der Waals surface area contributed by atoms with Crippen LogP contribution in [0.3, 0.4) is 0 Å². The Morgan fingerprint density at radius 2 is 0.767 bits per heavy atom. The van der Waals surface area contributed by atoms with Gasteiger partial charge in [-0.15, -0.1) is 0 Å². The van der Waals surface area contributed by atoms with Crippen LogP contribution in [0.1, 0.15) is 0 Å². The van der Waals surface area contributed by atoms with Gasteiger partial charge < -0.3 is 0 Å². The van der Waals surface area contributed by atoms with Crippen LogP contribution in [0.4, 0.5) is 0 Å². The molecule has 0 aliphatic carbocycles. The van der Waals surface area contributed by atoms with E-state index in [1.807, 2.05) is 66.7 Å². The van der Waals surface area contributed by atoms with Crippen LogP contribution in [0.5, 0.6) is 0 Å². The van der Waals surface area contributed by atoms with Crippen molar-refractivity contribution in [2.45, 2.75) is 0 Å². The molecule has 4 nitrogen and oxygen atoms in total. The minimum atomic E-state index is 0.593. The number of benzene rings is 6. The van der Waals surface area contributed by atoms with Gasteiger partial charge in [0.2, 0.25) is 5.95 Å². The highest BCUT2D eigenvalue weighted by Crippen LogP contribution is 2.35. The van der Waals surface area contributed by atoms with Crippen molar-refractivity contribution >= 4 is 21.8 Å². The number of para-hydroxylation sites is 1. The van der Waals surface area contributed by atoms with Gasteiger partial charge in [0, 0.05) is 21.9 Å². The van der Waals surface area contributed by atoms with Gasteiger partial charge in [-0.2, -0.15) is 9.97 Å². The molecule has 0 amide bonds. The largest absolute Gasteiger partial charge is 0.278 e. The van der Waals surface area contributed by atoms with Gasteiger partial charge in [-0.1, -0.05) is 146 Å². The first-order chi connectivity index (χ1) is 21.3. The van der Waals surface area contributed by atoms with Crippen molar-refractivity contribution in [1.29, 1.82) is 0 Å². The maximum Gasteiger partial charge on any atom is 0.238 e. The molecule has 2 heterocycles. The molecule has 8 rings (SSSR count). The second-order valence-electron chi connectivity index (χ2n) is 10.5. The molecule has 0 spiro atoms. The van der Waals surface area contributed by atoms with Crippen LogP contribution < -0.4 is 0 Å². The predicted octanol–water partition coefficient (Wildman–Crippen LogP) is 9.64. The third-order valence-corrected chi connectivity index (χ3v) is 7.89. The molecule has 43 heavy (non-hydrogen) atoms. The highest BCUT2D eigenvalue weighted by Gasteiger charge is 2.18. The Hall–Kier alpha value is -5.87. The van der Waals surface area contributed by atoms with E-state index in [1.54, 1.807) is 0 Å². The van der Waals surface area contributed by atoms with Gasteiger partial charge >= 0.3 is 0 Å². The topological polar surface area (TPSA) is 43.6 Å². The third kappa shape index (κ3) is 4.55. The van der Waals surface area contributed by atoms with Crippen LogP contribution in [0.25, 0.3) is 72.8 Å². The summed E-state index contributed by atoms with van der Waals surface area (Å²) in [5.74, 6) is 1.88. The van der Waals surface area contributed by atoms with Crippen LogP contribution in [0.15, 0.2) is 158 Å². The molecular weight excluding hydrogens is 524 g/mol. The number of nitrogens with zero attached hydrogens (tertiary/aromatic N) is 4. The predicted molar refractivity (Wildman–Crippen MR) is 176 cm³/mol. The quantitative estimate of drug-likeness (QED) is 0.214. The zero-order valence-corrected chi connectivity index (χ0v) is 23.3. The molecule has 0 saturated heterocycles. The maximum atomic E-state index is 5.06. The summed E-state index contributed by atoms with van der Waals surface area (Å²) in [6.45, 7) is 0. The Balaban J connectivity index is 1.34. The zero-order chi connectivity index (χ0) is 28.6. The summed E-state index contributed by atoms with van der Waals surface area (Å²) in [6, 6.07) is 54.6. The molecule has 0 radical (unpaired) electrons. The fourth-order valence-corrected chi connectivity index (χ4v) is 5.75. The van der Waals surface area contributed by atoms with Gasteiger partial charge in [0.25, 0.3) is 0 Å². The smallest absolute Gasteiger partial charge is 0.238 e. The molecule has 0 N–H and O–H groups in total. The molecule has 202 valence electrons. The summed E-state index contributed by atoms with van der Waals surface area (Å²) in [7, 11) is 0. The van der Waals surface area contributed by atoms with E-state index in [-0.39, 0.29) is 0 Å². The van der Waals surface area contributed by atoms with Crippen molar-refractivity contribution in [3.63, 3.8) is 0 Å². The molecule has 0 fully saturated rings. The molecular formula is C39H26N4. The van der Waals surface area contributed by atoms with Crippen molar-refractivity contribution in [2.75, 3.05) is 0 Å². The van der Waals surface area contributed by atoms with E-state index in [0.717, 1.165) is 44.1 Å². The SMILES string of the molecule is c1ccc(-c2ccc(-c3ccc4c5ccccc5n(-c5nc(-c6ccccc6)nc(-c6ccccc6)n5)c4c3)cc2)cc1. The summed E-state index contributed by atoms with van der Waals surface area (Å²) >= 11 is 0. The van der Waals surface area contributed by atoms with Crippen molar-refractivity contribution in [3.8, 4) is 51.0 Å². The Kier molecular flexibility index (Phi) is 6.08. The number of rotatable bonds is 5. The van der Waals surface area contributed by atoms with Crippen LogP contribution >= 0.6 is 0 Å². The Morgan fingerprint density at radius 3 is 1.37 bits per heavy atom. The van der Waals surface area contributed by atoms with Gasteiger partial charge in [0.05, 0.1) is 11.0 Å². The average molecular weight is 551 g/mol. The number of aromatic nitrogens is 4. The van der Waals surface area contributed by atoms with Crippen LogP contribution in [0, 0.1) is 0 Å². The van der Waals surface area contributed by atoms with Crippen LogP contribution in [0.2, 0.25) is 0 Å². The third-order valence-electron chi connectivity index (χ3n) is 7.89. The molecule has 0 unspecified atom stereocenters. The molecule has 2 aromatic heterocycles. The monoisotopic (exact) mass is 550 g/mol. The molecule has 0 aliphatic rings. The van der Waals surface area contributed by atoms with Gasteiger partial charge in [0.1, 0.15) is 0 Å². The lowest BCUT2D eigenvalue weighted by Crippen LogP contribution is -2.06. The minimum absolute atomic E-state index is 0.593. The van der Waals surface area contributed by atoms with E-state index >= 15 is 0 Å². The lowest BCUT2D eigenvalue weighted by atomic mass is 9.99. The van der Waals surface area contributed by atoms with Gasteiger partial charge in [-0.05, 0) is 34.4 Å². The first-order valence-electron chi connectivity index (χ1n) is 14.4. The first kappa shape index (κ1) is 24.9. The zero-order valence-electron chi connectivity index (χ0n) is 23.3. The van der Waals surface area contributed by atoms with E-state index in [4.69, 9.17) is 15.0 Å². The van der Waals surface area contributed by atoms with Crippen molar-refractivity contribution in [1.82, 2.24) is 19.5 Å². The van der Waals surface area contributed by atoms with Crippen molar-refractivity contribution in [3.05, 3.63) is 158 Å². The molecule has 4 heteroatoms. The molecule has 0 bridgehead atoms. The van der Waals surface area contributed by atoms with Gasteiger partial charge in [-0.25, -0.2) is 4.98 Å². The lowest BCUT2D eigenvalue weighted by molar-refractivity contribution is 0.953. The highest BCUT2D eigenvalue weighted by molar-refractivity contribution is 6.10. The molecule has 8 aromatic rings. The Labute approximate surface area is 249 Å². The fourth-order valence-electron chi connectivity index (χ4n) is 5.75. The van der Waals surface area contributed by atoms with Crippen molar-refractivity contribution in [2.24, 2.45) is 0 Å². The van der Waals surface area contributed by atoms with Gasteiger partial charge in [0.15, 0.2) is 11.6 Å². The minimum Gasteiger partial charge on any atom is -0.278 e. The highest BCUT2D eigenvalue weighted by atomic mass is 15.2. The number of hydrogen-bond acceptors (Lipinski definition) is 3. The van der Waals surface area contributed by atoms with E-state index in [1.165, 1.54) is 11.1 Å². The van der Waals surface area contributed by atoms with Gasteiger partial charge in [-0.3, -0.25) is 4.57 Å². The molecule has 0 saturated carbocycles. The van der Waals surface area contributed by atoms with Crippen molar-refractivity contribution < 1.29 is 0 Å². The second kappa shape index (κ2) is 10.5. The summed E-state index contributed by atoms with van der Waals surface area (Å²) in [4.78, 5) is 15.0. The Morgan fingerprint density at radius 1 is 0.326 bits per heavy atom. The molecule has 0 atom stereocenters. The molecule has 0 aliphatic heterocycles. The van der Waals surface area contributed by atoms with E-state index in [9.17, 15) is 0 Å². The first-order valence-corrected chi connectivity index (χ1v) is 14.4. The van der Waals surface area contributed by atoms with E-state index in [0.29, 0.717) is 17.6 Å². The normalized spacial score (nSPS) is 11.3. The van der Waals surface area contributed by atoms with Crippen LogP contribution in [-0.4, -0.2) is 19.5 Å². The number of hydrogen-bond donors (Lipinski definition) is 0. The second-order valence-corrected chi connectivity index (χ2v) is 10.5. The van der Waals surface area contributed by atoms with Crippen LogP contribution in [-0.2, 0) is 0 Å². The summed E-state index contributed by atoms with van der Waals surface area (Å²) in [6.07, 6.45) is 0. The Bertz CT molecular complexity index is 2150. The molecule has 6 aromatic carbocycles. The standard InChI is InChI=1S/C39H26N4/c1-4-12-27(13-5-1)28-20-22-29(23-21-28)32-24-25-34-33-18-10-11-19-35(33)43(36(34)26-32)39-41-37(30-14-6-2-7-15-30)40-38(42-39)31-16-8-3-9-17-31/h1-26H.